The van der Waals surface area contributed by atoms with Crippen molar-refractivity contribution < 1.29 is 5.11 Å². The number of rotatable bonds is 2. The van der Waals surface area contributed by atoms with Gasteiger partial charge in [0.15, 0.2) is 0 Å². The second-order valence-corrected chi connectivity index (χ2v) is 3.45. The average Bonchev–Trinajstić information content (AvgIpc) is 1.85. The molecule has 1 heterocycles. The van der Waals surface area contributed by atoms with E-state index in [2.05, 4.69) is 24.8 Å². The molecule has 11 heavy (non-hydrogen) atoms. The minimum atomic E-state index is 0.278. The van der Waals surface area contributed by atoms with Gasteiger partial charge in [0.1, 0.15) is 0 Å². The van der Waals surface area contributed by atoms with Gasteiger partial charge in [0.25, 0.3) is 0 Å². The van der Waals surface area contributed by atoms with Crippen LogP contribution >= 0.6 is 0 Å². The molecule has 0 aliphatic carbocycles. The Hall–Kier alpha value is -0.340. The first kappa shape index (κ1) is 8.75. The molecule has 1 aliphatic rings. The molecule has 0 saturated carbocycles. The highest BCUT2D eigenvalue weighted by atomic mass is 16.3. The van der Waals surface area contributed by atoms with Gasteiger partial charge in [-0.25, -0.2) is 0 Å². The van der Waals surface area contributed by atoms with Crippen LogP contribution in [0.15, 0.2) is 11.6 Å². The number of aliphatic hydroxyl groups is 1. The summed E-state index contributed by atoms with van der Waals surface area (Å²) in [6.45, 7) is 7.59. The Morgan fingerprint density at radius 3 is 3.00 bits per heavy atom. The number of aliphatic hydroxyl groups excluding tert-OH is 1. The SMILES string of the molecule is CC1=CC(C)CN(CCO)C1. The van der Waals surface area contributed by atoms with Crippen molar-refractivity contribution in [1.29, 1.82) is 0 Å². The maximum Gasteiger partial charge on any atom is 0.0558 e. The lowest BCUT2D eigenvalue weighted by Gasteiger charge is -2.28. The van der Waals surface area contributed by atoms with Gasteiger partial charge in [0.05, 0.1) is 6.61 Å². The molecule has 2 heteroatoms. The zero-order valence-corrected chi connectivity index (χ0v) is 7.38. The molecule has 0 radical (unpaired) electrons. The van der Waals surface area contributed by atoms with Gasteiger partial charge in [-0.1, -0.05) is 18.6 Å². The summed E-state index contributed by atoms with van der Waals surface area (Å²) in [4.78, 5) is 2.29. The largest absolute Gasteiger partial charge is 0.395 e. The van der Waals surface area contributed by atoms with Crippen molar-refractivity contribution in [3.05, 3.63) is 11.6 Å². The van der Waals surface area contributed by atoms with Crippen LogP contribution in [-0.2, 0) is 0 Å². The Labute approximate surface area is 68.5 Å². The Balaban J connectivity index is 2.43. The Bertz CT molecular complexity index is 154. The third-order valence-electron chi connectivity index (χ3n) is 2.00. The van der Waals surface area contributed by atoms with E-state index < -0.39 is 0 Å². The summed E-state index contributed by atoms with van der Waals surface area (Å²) in [6, 6.07) is 0. The van der Waals surface area contributed by atoms with Crippen LogP contribution in [0.1, 0.15) is 13.8 Å². The van der Waals surface area contributed by atoms with Crippen molar-refractivity contribution in [2.75, 3.05) is 26.2 Å². The Morgan fingerprint density at radius 2 is 2.45 bits per heavy atom. The summed E-state index contributed by atoms with van der Waals surface area (Å²) in [5, 5.41) is 8.73. The third-order valence-corrected chi connectivity index (χ3v) is 2.00. The van der Waals surface area contributed by atoms with Gasteiger partial charge in [-0.2, -0.15) is 0 Å². The highest BCUT2D eigenvalue weighted by Gasteiger charge is 2.13. The number of hydrogen-bond acceptors (Lipinski definition) is 2. The first-order chi connectivity index (χ1) is 5.22. The molecule has 0 saturated heterocycles. The van der Waals surface area contributed by atoms with Crippen molar-refractivity contribution >= 4 is 0 Å². The van der Waals surface area contributed by atoms with Crippen LogP contribution in [-0.4, -0.2) is 36.2 Å². The lowest BCUT2D eigenvalue weighted by molar-refractivity contribution is 0.189. The van der Waals surface area contributed by atoms with Gasteiger partial charge in [-0.3, -0.25) is 4.90 Å². The maximum atomic E-state index is 8.73. The molecule has 0 spiro atoms. The highest BCUT2D eigenvalue weighted by molar-refractivity contribution is 5.07. The number of nitrogens with zero attached hydrogens (tertiary/aromatic N) is 1. The summed E-state index contributed by atoms with van der Waals surface area (Å²) in [6.07, 6.45) is 2.31. The van der Waals surface area contributed by atoms with Gasteiger partial charge >= 0.3 is 0 Å². The minimum absolute atomic E-state index is 0.278. The first-order valence-corrected chi connectivity index (χ1v) is 4.23. The molecule has 1 N–H and O–H groups in total. The fourth-order valence-electron chi connectivity index (χ4n) is 1.73. The average molecular weight is 155 g/mol. The van der Waals surface area contributed by atoms with Crippen molar-refractivity contribution in [2.45, 2.75) is 13.8 Å². The molecule has 0 aromatic rings. The molecule has 0 amide bonds. The van der Waals surface area contributed by atoms with Crippen LogP contribution in [0.5, 0.6) is 0 Å². The molecule has 0 aromatic heterocycles. The lowest BCUT2D eigenvalue weighted by atomic mass is 10.0. The predicted octanol–water partition coefficient (Wildman–Crippen LogP) is 0.877. The predicted molar refractivity (Wildman–Crippen MR) is 46.4 cm³/mol. The van der Waals surface area contributed by atoms with Crippen LogP contribution in [0.4, 0.5) is 0 Å². The minimum Gasteiger partial charge on any atom is -0.395 e. The van der Waals surface area contributed by atoms with E-state index in [0.29, 0.717) is 5.92 Å². The van der Waals surface area contributed by atoms with E-state index in [-0.39, 0.29) is 6.61 Å². The third kappa shape index (κ3) is 2.64. The Morgan fingerprint density at radius 1 is 1.73 bits per heavy atom. The highest BCUT2D eigenvalue weighted by Crippen LogP contribution is 2.13. The molecular formula is C9H17NO. The molecule has 1 aliphatic heterocycles. The van der Waals surface area contributed by atoms with E-state index in [1.807, 2.05) is 0 Å². The molecule has 1 unspecified atom stereocenters. The Kier molecular flexibility index (Phi) is 3.09. The topological polar surface area (TPSA) is 23.5 Å². The molecule has 2 nitrogen and oxygen atoms in total. The molecule has 0 bridgehead atoms. The monoisotopic (exact) mass is 155 g/mol. The fraction of sp³-hybridized carbons (Fsp3) is 0.778. The summed E-state index contributed by atoms with van der Waals surface area (Å²) >= 11 is 0. The standard InChI is InChI=1S/C9H17NO/c1-8-5-9(2)7-10(6-8)3-4-11/h5,8,11H,3-4,6-7H2,1-2H3. The normalized spacial score (nSPS) is 26.8. The zero-order valence-electron chi connectivity index (χ0n) is 7.38. The van der Waals surface area contributed by atoms with E-state index in [1.165, 1.54) is 5.57 Å². The smallest absolute Gasteiger partial charge is 0.0558 e. The van der Waals surface area contributed by atoms with Gasteiger partial charge in [-0.15, -0.1) is 0 Å². The second-order valence-electron chi connectivity index (χ2n) is 3.45. The molecule has 1 atom stereocenters. The van der Waals surface area contributed by atoms with Crippen LogP contribution in [0.2, 0.25) is 0 Å². The van der Waals surface area contributed by atoms with Gasteiger partial charge in [0.2, 0.25) is 0 Å². The number of hydrogen-bond donors (Lipinski definition) is 1. The van der Waals surface area contributed by atoms with E-state index in [4.69, 9.17) is 5.11 Å². The lowest BCUT2D eigenvalue weighted by Crippen LogP contribution is -2.35. The van der Waals surface area contributed by atoms with Gasteiger partial charge < -0.3 is 5.11 Å². The van der Waals surface area contributed by atoms with Crippen molar-refractivity contribution in [1.82, 2.24) is 4.90 Å². The second kappa shape index (κ2) is 3.88. The van der Waals surface area contributed by atoms with Crippen LogP contribution in [0, 0.1) is 5.92 Å². The molecule has 0 fully saturated rings. The summed E-state index contributed by atoms with van der Waals surface area (Å²) < 4.78 is 0. The molecule has 0 aromatic carbocycles. The van der Waals surface area contributed by atoms with Crippen molar-refractivity contribution in [3.8, 4) is 0 Å². The zero-order chi connectivity index (χ0) is 8.27. The summed E-state index contributed by atoms with van der Waals surface area (Å²) in [7, 11) is 0. The van der Waals surface area contributed by atoms with Crippen LogP contribution < -0.4 is 0 Å². The van der Waals surface area contributed by atoms with E-state index >= 15 is 0 Å². The van der Waals surface area contributed by atoms with Gasteiger partial charge in [0, 0.05) is 19.6 Å². The summed E-state index contributed by atoms with van der Waals surface area (Å²) in [5.41, 5.74) is 1.43. The van der Waals surface area contributed by atoms with E-state index in [0.717, 1.165) is 19.6 Å². The summed E-state index contributed by atoms with van der Waals surface area (Å²) in [5.74, 6) is 0.648. The van der Waals surface area contributed by atoms with Crippen molar-refractivity contribution in [3.63, 3.8) is 0 Å². The maximum absolute atomic E-state index is 8.73. The van der Waals surface area contributed by atoms with E-state index in [1.54, 1.807) is 0 Å². The van der Waals surface area contributed by atoms with Crippen molar-refractivity contribution in [2.24, 2.45) is 5.92 Å². The fourth-order valence-corrected chi connectivity index (χ4v) is 1.73. The van der Waals surface area contributed by atoms with Crippen LogP contribution in [0.3, 0.4) is 0 Å². The van der Waals surface area contributed by atoms with Crippen LogP contribution in [0.25, 0.3) is 0 Å². The van der Waals surface area contributed by atoms with Gasteiger partial charge in [-0.05, 0) is 12.8 Å². The first-order valence-electron chi connectivity index (χ1n) is 4.23. The van der Waals surface area contributed by atoms with E-state index in [9.17, 15) is 0 Å². The molecule has 64 valence electrons. The molecular weight excluding hydrogens is 138 g/mol. The number of β-amino-alcohol motifs (C(OH)–C–C–N with tert-alkyl or cyclic N) is 1. The quantitative estimate of drug-likeness (QED) is 0.598. The molecule has 1 rings (SSSR count).